The molecule has 2 aliphatic rings. The molecule has 4 heteroatoms. The van der Waals surface area contributed by atoms with E-state index >= 15 is 0 Å². The summed E-state index contributed by atoms with van der Waals surface area (Å²) in [6.07, 6.45) is 11.3. The van der Waals surface area contributed by atoms with E-state index < -0.39 is 0 Å². The molecule has 1 aliphatic heterocycles. The highest BCUT2D eigenvalue weighted by Gasteiger charge is 2.35. The van der Waals surface area contributed by atoms with Gasteiger partial charge in [0.2, 0.25) is 5.89 Å². The second-order valence-corrected chi connectivity index (χ2v) is 6.44. The molecule has 2 heterocycles. The minimum Gasteiger partial charge on any atom is -0.339 e. The van der Waals surface area contributed by atoms with Gasteiger partial charge in [-0.25, -0.2) is 0 Å². The van der Waals surface area contributed by atoms with Crippen molar-refractivity contribution in [1.82, 2.24) is 15.5 Å². The van der Waals surface area contributed by atoms with Crippen LogP contribution in [0.5, 0.6) is 0 Å². The first-order chi connectivity index (χ1) is 9.28. The number of aromatic nitrogens is 2. The summed E-state index contributed by atoms with van der Waals surface area (Å²) < 4.78 is 5.60. The van der Waals surface area contributed by atoms with Gasteiger partial charge in [-0.2, -0.15) is 4.98 Å². The lowest BCUT2D eigenvalue weighted by atomic mass is 9.75. The van der Waals surface area contributed by atoms with Crippen LogP contribution in [0.1, 0.15) is 82.5 Å². The predicted octanol–water partition coefficient (Wildman–Crippen LogP) is 3.50. The summed E-state index contributed by atoms with van der Waals surface area (Å²) in [5.74, 6) is 1.75. The molecule has 3 rings (SSSR count). The maximum atomic E-state index is 5.60. The van der Waals surface area contributed by atoms with Gasteiger partial charge in [0.25, 0.3) is 0 Å². The Hall–Kier alpha value is -0.900. The quantitative estimate of drug-likeness (QED) is 0.887. The van der Waals surface area contributed by atoms with Gasteiger partial charge >= 0.3 is 0 Å². The summed E-state index contributed by atoms with van der Waals surface area (Å²) in [6.45, 7) is 3.36. The van der Waals surface area contributed by atoms with E-state index in [1.165, 1.54) is 51.4 Å². The van der Waals surface area contributed by atoms with Gasteiger partial charge < -0.3 is 9.84 Å². The number of rotatable bonds is 2. The summed E-state index contributed by atoms with van der Waals surface area (Å²) >= 11 is 0. The highest BCUT2D eigenvalue weighted by molar-refractivity contribution is 5.06. The molecule has 1 saturated carbocycles. The monoisotopic (exact) mass is 263 g/mol. The molecule has 1 N–H and O–H groups in total. The fourth-order valence-corrected chi connectivity index (χ4v) is 3.42. The lowest BCUT2D eigenvalue weighted by molar-refractivity contribution is 0.231. The molecule has 0 bridgehead atoms. The number of hydrogen-bond donors (Lipinski definition) is 1. The third-order valence-electron chi connectivity index (χ3n) is 4.79. The Kier molecular flexibility index (Phi) is 3.87. The Morgan fingerprint density at radius 3 is 2.74 bits per heavy atom. The Morgan fingerprint density at radius 1 is 1.11 bits per heavy atom. The van der Waals surface area contributed by atoms with Crippen LogP contribution in [-0.2, 0) is 5.41 Å². The number of nitrogens with zero attached hydrogens (tertiary/aromatic N) is 2. The molecule has 4 nitrogen and oxygen atoms in total. The molecule has 1 unspecified atom stereocenters. The maximum absolute atomic E-state index is 5.60. The van der Waals surface area contributed by atoms with E-state index in [0.29, 0.717) is 6.04 Å². The standard InChI is InChI=1S/C15H25N3O/c1-15(9-5-3-6-10-15)14-17-13(18-19-14)12-8-4-2-7-11-16-12/h12,16H,2-11H2,1H3. The highest BCUT2D eigenvalue weighted by Crippen LogP contribution is 2.38. The van der Waals surface area contributed by atoms with Crippen molar-refractivity contribution in [2.24, 2.45) is 0 Å². The van der Waals surface area contributed by atoms with E-state index in [-0.39, 0.29) is 5.41 Å². The van der Waals surface area contributed by atoms with E-state index in [0.717, 1.165) is 24.7 Å². The van der Waals surface area contributed by atoms with E-state index in [1.807, 2.05) is 0 Å². The molecule has 1 aromatic rings. The van der Waals surface area contributed by atoms with Crippen LogP contribution in [0, 0.1) is 0 Å². The third kappa shape index (κ3) is 2.83. The fraction of sp³-hybridized carbons (Fsp3) is 0.867. The molecule has 1 aromatic heterocycles. The summed E-state index contributed by atoms with van der Waals surface area (Å²) in [5, 5.41) is 7.79. The van der Waals surface area contributed by atoms with Gasteiger partial charge in [0.1, 0.15) is 0 Å². The summed E-state index contributed by atoms with van der Waals surface area (Å²) in [4.78, 5) is 4.73. The molecule has 0 spiro atoms. The Labute approximate surface area is 115 Å². The highest BCUT2D eigenvalue weighted by atomic mass is 16.5. The summed E-state index contributed by atoms with van der Waals surface area (Å²) in [5.41, 5.74) is 0.119. The largest absolute Gasteiger partial charge is 0.339 e. The Morgan fingerprint density at radius 2 is 1.89 bits per heavy atom. The minimum atomic E-state index is 0.119. The smallest absolute Gasteiger partial charge is 0.232 e. The lowest BCUT2D eigenvalue weighted by Gasteiger charge is -2.29. The van der Waals surface area contributed by atoms with Crippen LogP contribution >= 0.6 is 0 Å². The molecule has 1 atom stereocenters. The lowest BCUT2D eigenvalue weighted by Crippen LogP contribution is -2.26. The predicted molar refractivity (Wildman–Crippen MR) is 73.9 cm³/mol. The van der Waals surface area contributed by atoms with Crippen LogP contribution in [-0.4, -0.2) is 16.7 Å². The molecule has 106 valence electrons. The van der Waals surface area contributed by atoms with Crippen molar-refractivity contribution in [3.63, 3.8) is 0 Å². The summed E-state index contributed by atoms with van der Waals surface area (Å²) in [6, 6.07) is 0.298. The second-order valence-electron chi connectivity index (χ2n) is 6.44. The van der Waals surface area contributed by atoms with Crippen molar-refractivity contribution in [3.8, 4) is 0 Å². The normalized spacial score (nSPS) is 27.9. The molecule has 1 aliphatic carbocycles. The van der Waals surface area contributed by atoms with Crippen molar-refractivity contribution in [2.45, 2.75) is 76.2 Å². The third-order valence-corrected chi connectivity index (χ3v) is 4.79. The zero-order valence-electron chi connectivity index (χ0n) is 12.0. The van der Waals surface area contributed by atoms with Gasteiger partial charge in [0.15, 0.2) is 5.82 Å². The first-order valence-electron chi connectivity index (χ1n) is 7.85. The average Bonchev–Trinajstić information content (AvgIpc) is 2.77. The van der Waals surface area contributed by atoms with E-state index in [1.54, 1.807) is 0 Å². The molecule has 0 amide bonds. The molecular formula is C15H25N3O. The Bertz CT molecular complexity index is 401. The average molecular weight is 263 g/mol. The van der Waals surface area contributed by atoms with Crippen molar-refractivity contribution < 1.29 is 4.52 Å². The molecule has 0 radical (unpaired) electrons. The molecular weight excluding hydrogens is 238 g/mol. The van der Waals surface area contributed by atoms with E-state index in [9.17, 15) is 0 Å². The fourth-order valence-electron chi connectivity index (χ4n) is 3.42. The van der Waals surface area contributed by atoms with Gasteiger partial charge in [-0.15, -0.1) is 0 Å². The zero-order chi connectivity index (χ0) is 13.1. The van der Waals surface area contributed by atoms with Crippen molar-refractivity contribution in [1.29, 1.82) is 0 Å². The van der Waals surface area contributed by atoms with Crippen LogP contribution < -0.4 is 5.32 Å². The van der Waals surface area contributed by atoms with Gasteiger partial charge in [0, 0.05) is 5.41 Å². The molecule has 0 aromatic carbocycles. The van der Waals surface area contributed by atoms with E-state index in [4.69, 9.17) is 9.51 Å². The molecule has 1 saturated heterocycles. The van der Waals surface area contributed by atoms with Crippen LogP contribution in [0.25, 0.3) is 0 Å². The zero-order valence-corrected chi connectivity index (χ0v) is 12.0. The van der Waals surface area contributed by atoms with E-state index in [2.05, 4.69) is 17.4 Å². The van der Waals surface area contributed by atoms with Gasteiger partial charge in [-0.3, -0.25) is 0 Å². The van der Waals surface area contributed by atoms with Crippen LogP contribution in [0.3, 0.4) is 0 Å². The van der Waals surface area contributed by atoms with Crippen molar-refractivity contribution in [2.75, 3.05) is 6.54 Å². The van der Waals surface area contributed by atoms with Crippen molar-refractivity contribution in [3.05, 3.63) is 11.7 Å². The number of nitrogens with one attached hydrogen (secondary N) is 1. The van der Waals surface area contributed by atoms with Crippen LogP contribution in [0.4, 0.5) is 0 Å². The first-order valence-corrected chi connectivity index (χ1v) is 7.85. The number of hydrogen-bond acceptors (Lipinski definition) is 4. The van der Waals surface area contributed by atoms with Gasteiger partial charge in [-0.05, 0) is 32.2 Å². The van der Waals surface area contributed by atoms with Crippen LogP contribution in [0.2, 0.25) is 0 Å². The Balaban J connectivity index is 1.74. The maximum Gasteiger partial charge on any atom is 0.232 e. The summed E-state index contributed by atoms with van der Waals surface area (Å²) in [7, 11) is 0. The van der Waals surface area contributed by atoms with Crippen LogP contribution in [0.15, 0.2) is 4.52 Å². The second kappa shape index (κ2) is 5.61. The molecule has 19 heavy (non-hydrogen) atoms. The van der Waals surface area contributed by atoms with Crippen molar-refractivity contribution >= 4 is 0 Å². The first kappa shape index (κ1) is 13.1. The topological polar surface area (TPSA) is 51.0 Å². The van der Waals surface area contributed by atoms with Gasteiger partial charge in [-0.1, -0.05) is 44.2 Å². The molecule has 2 fully saturated rings. The minimum absolute atomic E-state index is 0.119. The SMILES string of the molecule is CC1(c2nc(C3CCCCCN3)no2)CCCCC1. The van der Waals surface area contributed by atoms with Gasteiger partial charge in [0.05, 0.1) is 6.04 Å².